The first-order valence-corrected chi connectivity index (χ1v) is 32.3. The summed E-state index contributed by atoms with van der Waals surface area (Å²) in [6, 6.07) is 0. The Morgan fingerprint density at radius 2 is 0.711 bits per heavy atom. The van der Waals surface area contributed by atoms with Gasteiger partial charge in [-0.3, -0.25) is 23.4 Å². The van der Waals surface area contributed by atoms with Crippen LogP contribution in [0.3, 0.4) is 0 Å². The third-order valence-corrected chi connectivity index (χ3v) is 14.0. The van der Waals surface area contributed by atoms with Gasteiger partial charge in [0.2, 0.25) is 0 Å². The number of ether oxygens (including phenoxy) is 3. The Bertz CT molecular complexity index is 1550. The van der Waals surface area contributed by atoms with E-state index >= 15 is 0 Å². The second kappa shape index (κ2) is 58.1. The highest BCUT2D eigenvalue weighted by Gasteiger charge is 2.28. The number of phosphoric acid groups is 1. The lowest BCUT2D eigenvalue weighted by atomic mass is 10.0. The smallest absolute Gasteiger partial charge is 0.462 e. The number of aliphatic hydroxyl groups excluding tert-OH is 1. The SMILES string of the molecule is CC/C=C\C/C=C\C/C=C\C/C=C\CCCCCCC(=O)OC(COC(=O)CCCCCCCCCCCCCCCCCCCCC)COP(=O)(O)OCC(CO)OC(=O)CCCCCCC/C=C\C/C=C\CCC. The average molecular weight is 1090 g/mol. The van der Waals surface area contributed by atoms with Crippen molar-refractivity contribution in [3.8, 4) is 0 Å². The lowest BCUT2D eigenvalue weighted by molar-refractivity contribution is -0.161. The zero-order valence-corrected chi connectivity index (χ0v) is 49.6. The summed E-state index contributed by atoms with van der Waals surface area (Å²) in [5.41, 5.74) is 0. The third-order valence-electron chi connectivity index (χ3n) is 13.1. The summed E-state index contributed by atoms with van der Waals surface area (Å²) in [4.78, 5) is 48.6. The summed E-state index contributed by atoms with van der Waals surface area (Å²) < 4.78 is 39.6. The van der Waals surface area contributed by atoms with Crippen molar-refractivity contribution >= 4 is 25.7 Å². The quantitative estimate of drug-likeness (QED) is 0.0197. The Labute approximate surface area is 465 Å². The number of rotatable bonds is 57. The molecule has 0 heterocycles. The van der Waals surface area contributed by atoms with Crippen LogP contribution in [0.15, 0.2) is 72.9 Å². The first-order valence-electron chi connectivity index (χ1n) is 30.8. The minimum Gasteiger partial charge on any atom is -0.462 e. The number of allylic oxidation sites excluding steroid dienone is 12. The number of unbranched alkanes of at least 4 members (excludes halogenated alkanes) is 28. The summed E-state index contributed by atoms with van der Waals surface area (Å²) in [6.45, 7) is 4.46. The fourth-order valence-electron chi connectivity index (χ4n) is 8.45. The standard InChI is InChI=1S/C64H113O11P/c1-4-7-10-13-16-19-22-25-27-29-30-32-33-36-38-41-44-47-50-53-62(66)71-57-61(75-64(68)55-52-49-46-43-40-37-34-31-28-26-23-20-17-14-11-8-5-2)59-73-76(69,70)72-58-60(56-65)74-63(67)54-51-48-45-42-39-35-24-21-18-15-12-9-6-3/h8,11-12,15,17,20-21,24,26,28,34,37,60-61,65H,4-7,9-10,13-14,16,18-19,22-23,25,27,29-33,35-36,38-59H2,1-3H3,(H,69,70)/b11-8-,15-12-,20-17-,24-21-,28-26-,37-34-. The van der Waals surface area contributed by atoms with Gasteiger partial charge in [-0.1, -0.05) is 248 Å². The lowest BCUT2D eigenvalue weighted by Gasteiger charge is -2.21. The fourth-order valence-corrected chi connectivity index (χ4v) is 9.23. The molecule has 0 radical (unpaired) electrons. The van der Waals surface area contributed by atoms with E-state index in [4.69, 9.17) is 23.3 Å². The van der Waals surface area contributed by atoms with E-state index in [1.807, 2.05) is 0 Å². The molecular formula is C64H113O11P. The van der Waals surface area contributed by atoms with Crippen molar-refractivity contribution in [2.45, 2.75) is 290 Å². The summed E-state index contributed by atoms with van der Waals surface area (Å²) in [5.74, 6) is -1.50. The van der Waals surface area contributed by atoms with Crippen molar-refractivity contribution < 1.29 is 52.2 Å². The van der Waals surface area contributed by atoms with Crippen LogP contribution in [0.4, 0.5) is 0 Å². The van der Waals surface area contributed by atoms with Crippen molar-refractivity contribution in [3.63, 3.8) is 0 Å². The maximum Gasteiger partial charge on any atom is 0.472 e. The van der Waals surface area contributed by atoms with Crippen molar-refractivity contribution in [2.75, 3.05) is 26.4 Å². The molecule has 3 unspecified atom stereocenters. The van der Waals surface area contributed by atoms with Gasteiger partial charge in [-0.15, -0.1) is 0 Å². The van der Waals surface area contributed by atoms with Crippen LogP contribution in [0.2, 0.25) is 0 Å². The third kappa shape index (κ3) is 55.7. The zero-order chi connectivity index (χ0) is 55.5. The molecule has 0 bridgehead atoms. The number of hydrogen-bond acceptors (Lipinski definition) is 10. The lowest BCUT2D eigenvalue weighted by Crippen LogP contribution is -2.30. The highest BCUT2D eigenvalue weighted by Crippen LogP contribution is 2.43. The van der Waals surface area contributed by atoms with Crippen LogP contribution in [0.5, 0.6) is 0 Å². The predicted molar refractivity (Wildman–Crippen MR) is 316 cm³/mol. The van der Waals surface area contributed by atoms with E-state index in [-0.39, 0.29) is 25.9 Å². The zero-order valence-electron chi connectivity index (χ0n) is 48.7. The summed E-state index contributed by atoms with van der Waals surface area (Å²) in [7, 11) is -4.76. The molecule has 0 fully saturated rings. The molecule has 0 spiro atoms. The van der Waals surface area contributed by atoms with Crippen molar-refractivity contribution in [2.24, 2.45) is 0 Å². The highest BCUT2D eigenvalue weighted by atomic mass is 31.2. The van der Waals surface area contributed by atoms with E-state index in [1.54, 1.807) is 0 Å². The monoisotopic (exact) mass is 1090 g/mol. The molecule has 2 N–H and O–H groups in total. The molecule has 0 aliphatic rings. The van der Waals surface area contributed by atoms with Gasteiger partial charge in [-0.2, -0.15) is 0 Å². The molecule has 0 rings (SSSR count). The Kier molecular flexibility index (Phi) is 55.7. The second-order valence-corrected chi connectivity index (χ2v) is 21.9. The second-order valence-electron chi connectivity index (χ2n) is 20.5. The van der Waals surface area contributed by atoms with E-state index < -0.39 is 57.8 Å². The van der Waals surface area contributed by atoms with Gasteiger partial charge in [0.15, 0.2) is 6.10 Å². The van der Waals surface area contributed by atoms with Crippen LogP contribution >= 0.6 is 7.82 Å². The van der Waals surface area contributed by atoms with Crippen LogP contribution < -0.4 is 0 Å². The molecule has 0 aromatic carbocycles. The topological polar surface area (TPSA) is 155 Å². The van der Waals surface area contributed by atoms with E-state index in [0.717, 1.165) is 116 Å². The predicted octanol–water partition coefficient (Wildman–Crippen LogP) is 18.5. The summed E-state index contributed by atoms with van der Waals surface area (Å²) in [5, 5.41) is 9.82. The Morgan fingerprint density at radius 3 is 1.11 bits per heavy atom. The van der Waals surface area contributed by atoms with Crippen molar-refractivity contribution in [1.29, 1.82) is 0 Å². The minimum atomic E-state index is -4.76. The van der Waals surface area contributed by atoms with Crippen LogP contribution in [-0.2, 0) is 42.2 Å². The summed E-state index contributed by atoms with van der Waals surface area (Å²) >= 11 is 0. The largest absolute Gasteiger partial charge is 0.472 e. The van der Waals surface area contributed by atoms with Gasteiger partial charge in [0, 0.05) is 19.3 Å². The number of aliphatic hydroxyl groups is 1. The van der Waals surface area contributed by atoms with Gasteiger partial charge < -0.3 is 24.2 Å². The normalized spacial score (nSPS) is 13.8. The van der Waals surface area contributed by atoms with Gasteiger partial charge in [0.25, 0.3) is 0 Å². The first kappa shape index (κ1) is 72.9. The molecule has 440 valence electrons. The molecule has 0 aliphatic heterocycles. The van der Waals surface area contributed by atoms with Crippen LogP contribution in [0.25, 0.3) is 0 Å². The number of carbonyl (C=O) groups excluding carboxylic acids is 3. The van der Waals surface area contributed by atoms with Crippen molar-refractivity contribution in [1.82, 2.24) is 0 Å². The number of esters is 3. The average Bonchev–Trinajstić information content (AvgIpc) is 3.41. The Morgan fingerprint density at radius 1 is 0.382 bits per heavy atom. The molecule has 0 saturated carbocycles. The Hall–Kier alpha value is -3.08. The summed E-state index contributed by atoms with van der Waals surface area (Å²) in [6.07, 6.45) is 65.7. The van der Waals surface area contributed by atoms with Crippen LogP contribution in [0.1, 0.15) is 278 Å². The number of hydrogen-bond donors (Lipinski definition) is 2. The molecule has 76 heavy (non-hydrogen) atoms. The van der Waals surface area contributed by atoms with Crippen LogP contribution in [-0.4, -0.2) is 66.5 Å². The molecule has 0 aliphatic carbocycles. The van der Waals surface area contributed by atoms with Gasteiger partial charge in [0.05, 0.1) is 19.8 Å². The molecule has 0 amide bonds. The van der Waals surface area contributed by atoms with Crippen molar-refractivity contribution in [3.05, 3.63) is 72.9 Å². The molecule has 0 aromatic rings. The minimum absolute atomic E-state index is 0.139. The molecule has 0 saturated heterocycles. The van der Waals surface area contributed by atoms with E-state index in [1.165, 1.54) is 103 Å². The van der Waals surface area contributed by atoms with Gasteiger partial charge in [-0.05, 0) is 83.5 Å². The molecular weight excluding hydrogens is 976 g/mol. The number of carbonyl (C=O) groups is 3. The van der Waals surface area contributed by atoms with Gasteiger partial charge in [-0.25, -0.2) is 4.57 Å². The van der Waals surface area contributed by atoms with E-state index in [9.17, 15) is 28.9 Å². The first-order chi connectivity index (χ1) is 37.2. The van der Waals surface area contributed by atoms with E-state index in [0.29, 0.717) is 19.3 Å². The van der Waals surface area contributed by atoms with E-state index in [2.05, 4.69) is 93.7 Å². The maximum absolute atomic E-state index is 12.9. The maximum atomic E-state index is 12.9. The molecule has 0 aromatic heterocycles. The Balaban J connectivity index is 4.73. The molecule has 3 atom stereocenters. The molecule has 11 nitrogen and oxygen atoms in total. The van der Waals surface area contributed by atoms with Crippen LogP contribution in [0, 0.1) is 0 Å². The molecule has 12 heteroatoms. The fraction of sp³-hybridized carbons (Fsp3) is 0.766. The van der Waals surface area contributed by atoms with Gasteiger partial charge >= 0.3 is 25.7 Å². The highest BCUT2D eigenvalue weighted by molar-refractivity contribution is 7.47. The number of phosphoric ester groups is 1. The van der Waals surface area contributed by atoms with Gasteiger partial charge in [0.1, 0.15) is 12.7 Å².